The number of halogens is 2. The van der Waals surface area contributed by atoms with Crippen molar-refractivity contribution in [3.63, 3.8) is 0 Å². The summed E-state index contributed by atoms with van der Waals surface area (Å²) in [4.78, 5) is 11.5. The monoisotopic (exact) mass is 318 g/mol. The van der Waals surface area contributed by atoms with Crippen molar-refractivity contribution in [3.05, 3.63) is 75.9 Å². The molecule has 0 amide bonds. The molecular formula is C17H12ClFO3. The van der Waals surface area contributed by atoms with Crippen LogP contribution in [0.1, 0.15) is 11.1 Å². The van der Waals surface area contributed by atoms with Gasteiger partial charge in [0.05, 0.1) is 0 Å². The highest BCUT2D eigenvalue weighted by atomic mass is 35.5. The van der Waals surface area contributed by atoms with Crippen molar-refractivity contribution in [1.29, 1.82) is 0 Å². The van der Waals surface area contributed by atoms with Crippen LogP contribution in [-0.4, -0.2) is 0 Å². The lowest BCUT2D eigenvalue weighted by molar-refractivity contribution is 0.305. The maximum atomic E-state index is 13.1. The molecular weight excluding hydrogens is 307 g/mol. The summed E-state index contributed by atoms with van der Waals surface area (Å²) in [5.41, 5.74) is 1.39. The molecule has 0 saturated heterocycles. The van der Waals surface area contributed by atoms with Gasteiger partial charge in [0.15, 0.2) is 0 Å². The number of hydrogen-bond donors (Lipinski definition) is 0. The maximum absolute atomic E-state index is 13.1. The van der Waals surface area contributed by atoms with E-state index in [1.165, 1.54) is 18.2 Å². The zero-order valence-corrected chi connectivity index (χ0v) is 12.3. The number of hydrogen-bond acceptors (Lipinski definition) is 3. The van der Waals surface area contributed by atoms with E-state index in [-0.39, 0.29) is 18.3 Å². The predicted octanol–water partition coefficient (Wildman–Crippen LogP) is 4.25. The van der Waals surface area contributed by atoms with Crippen LogP contribution < -0.4 is 10.4 Å². The van der Waals surface area contributed by atoms with Crippen molar-refractivity contribution in [2.75, 3.05) is 0 Å². The first-order valence-corrected chi connectivity index (χ1v) is 7.19. The van der Waals surface area contributed by atoms with Gasteiger partial charge in [-0.2, -0.15) is 0 Å². The molecule has 1 heterocycles. The van der Waals surface area contributed by atoms with E-state index < -0.39 is 5.63 Å². The first-order chi connectivity index (χ1) is 10.7. The second-order valence-electron chi connectivity index (χ2n) is 4.80. The second-order valence-corrected chi connectivity index (χ2v) is 5.07. The molecule has 0 aliphatic rings. The van der Waals surface area contributed by atoms with Crippen molar-refractivity contribution in [3.8, 4) is 5.75 Å². The fourth-order valence-electron chi connectivity index (χ4n) is 2.20. The summed E-state index contributed by atoms with van der Waals surface area (Å²) in [5.74, 6) is 0.454. The second kappa shape index (κ2) is 6.20. The largest absolute Gasteiger partial charge is 0.489 e. The smallest absolute Gasteiger partial charge is 0.336 e. The summed E-state index contributed by atoms with van der Waals surface area (Å²) in [7, 11) is 0. The maximum Gasteiger partial charge on any atom is 0.336 e. The number of ether oxygens (including phenoxy) is 1. The van der Waals surface area contributed by atoms with Crippen LogP contribution in [-0.2, 0) is 12.5 Å². The van der Waals surface area contributed by atoms with Gasteiger partial charge in [-0.05, 0) is 35.4 Å². The molecule has 3 nitrogen and oxygen atoms in total. The molecule has 0 radical (unpaired) electrons. The molecule has 22 heavy (non-hydrogen) atoms. The minimum absolute atomic E-state index is 0.225. The van der Waals surface area contributed by atoms with Crippen LogP contribution in [0.3, 0.4) is 0 Å². The van der Waals surface area contributed by atoms with Gasteiger partial charge in [0.2, 0.25) is 0 Å². The summed E-state index contributed by atoms with van der Waals surface area (Å²) in [6.07, 6.45) is 0. The Morgan fingerprint density at radius 1 is 1.14 bits per heavy atom. The van der Waals surface area contributed by atoms with E-state index in [9.17, 15) is 9.18 Å². The highest BCUT2D eigenvalue weighted by Crippen LogP contribution is 2.24. The summed E-state index contributed by atoms with van der Waals surface area (Å²) in [5, 5.41) is 0.771. The van der Waals surface area contributed by atoms with Crippen LogP contribution >= 0.6 is 11.6 Å². The average molecular weight is 319 g/mol. The standard InChI is InChI=1S/C17H12ClFO3/c18-9-12-7-17(20)22-16-8-14(4-5-15(12)16)21-10-11-2-1-3-13(19)6-11/h1-8H,9-10H2. The molecule has 0 fully saturated rings. The van der Waals surface area contributed by atoms with Crippen molar-refractivity contribution >= 4 is 22.6 Å². The van der Waals surface area contributed by atoms with E-state index in [1.807, 2.05) is 0 Å². The molecule has 112 valence electrons. The van der Waals surface area contributed by atoms with Gasteiger partial charge in [-0.3, -0.25) is 0 Å². The van der Waals surface area contributed by atoms with E-state index >= 15 is 0 Å². The highest BCUT2D eigenvalue weighted by Gasteiger charge is 2.06. The Kier molecular flexibility index (Phi) is 4.11. The molecule has 0 aliphatic heterocycles. The predicted molar refractivity (Wildman–Crippen MR) is 82.8 cm³/mol. The quantitative estimate of drug-likeness (QED) is 0.533. The molecule has 0 aliphatic carbocycles. The number of benzene rings is 2. The summed E-state index contributed by atoms with van der Waals surface area (Å²) < 4.78 is 23.9. The first-order valence-electron chi connectivity index (χ1n) is 6.66. The van der Waals surface area contributed by atoms with Gasteiger partial charge in [-0.25, -0.2) is 9.18 Å². The lowest BCUT2D eigenvalue weighted by Gasteiger charge is -2.08. The van der Waals surface area contributed by atoms with Gasteiger partial charge in [0.1, 0.15) is 23.8 Å². The Morgan fingerprint density at radius 2 is 2.00 bits per heavy atom. The fraction of sp³-hybridized carbons (Fsp3) is 0.118. The van der Waals surface area contributed by atoms with Crippen molar-refractivity contribution in [1.82, 2.24) is 0 Å². The Bertz CT molecular complexity index is 873. The molecule has 3 rings (SSSR count). The average Bonchev–Trinajstić information content (AvgIpc) is 2.51. The Morgan fingerprint density at radius 3 is 2.77 bits per heavy atom. The minimum atomic E-state index is -0.453. The van der Waals surface area contributed by atoms with Gasteiger partial charge >= 0.3 is 5.63 Å². The zero-order valence-electron chi connectivity index (χ0n) is 11.5. The molecule has 0 saturated carbocycles. The van der Waals surface area contributed by atoms with Crippen LogP contribution in [0.5, 0.6) is 5.75 Å². The molecule has 5 heteroatoms. The van der Waals surface area contributed by atoms with Crippen LogP contribution in [0.25, 0.3) is 11.0 Å². The Hall–Kier alpha value is -2.33. The third-order valence-electron chi connectivity index (χ3n) is 3.24. The number of alkyl halides is 1. The first kappa shape index (κ1) is 14.6. The fourth-order valence-corrected chi connectivity index (χ4v) is 2.43. The van der Waals surface area contributed by atoms with E-state index in [0.29, 0.717) is 16.9 Å². The zero-order chi connectivity index (χ0) is 15.5. The lowest BCUT2D eigenvalue weighted by atomic mass is 10.1. The molecule has 1 aromatic heterocycles. The van der Waals surface area contributed by atoms with Crippen LogP contribution in [0, 0.1) is 5.82 Å². The third kappa shape index (κ3) is 3.12. The van der Waals surface area contributed by atoms with Crippen molar-refractivity contribution in [2.45, 2.75) is 12.5 Å². The third-order valence-corrected chi connectivity index (χ3v) is 3.53. The number of fused-ring (bicyclic) bond motifs is 1. The van der Waals surface area contributed by atoms with E-state index in [1.54, 1.807) is 30.3 Å². The Labute approximate surface area is 130 Å². The summed E-state index contributed by atoms with van der Waals surface area (Å²) in [6.45, 7) is 0.225. The van der Waals surface area contributed by atoms with Crippen molar-refractivity contribution in [2.24, 2.45) is 0 Å². The normalized spacial score (nSPS) is 10.8. The molecule has 3 aromatic rings. The van der Waals surface area contributed by atoms with Gasteiger partial charge in [0, 0.05) is 23.4 Å². The van der Waals surface area contributed by atoms with Crippen LogP contribution in [0.2, 0.25) is 0 Å². The Balaban J connectivity index is 1.87. The molecule has 0 atom stereocenters. The van der Waals surface area contributed by atoms with E-state index in [2.05, 4.69) is 0 Å². The topological polar surface area (TPSA) is 39.4 Å². The van der Waals surface area contributed by atoms with E-state index in [0.717, 1.165) is 10.9 Å². The lowest BCUT2D eigenvalue weighted by Crippen LogP contribution is -2.00. The van der Waals surface area contributed by atoms with Gasteiger partial charge in [-0.15, -0.1) is 11.6 Å². The van der Waals surface area contributed by atoms with E-state index in [4.69, 9.17) is 20.8 Å². The highest BCUT2D eigenvalue weighted by molar-refractivity contribution is 6.17. The summed E-state index contributed by atoms with van der Waals surface area (Å²) in [6, 6.07) is 12.7. The van der Waals surface area contributed by atoms with Crippen LogP contribution in [0.4, 0.5) is 4.39 Å². The number of rotatable bonds is 4. The molecule has 2 aromatic carbocycles. The SMILES string of the molecule is O=c1cc(CCl)c2ccc(OCc3cccc(F)c3)cc2o1. The molecule has 0 spiro atoms. The molecule has 0 bridgehead atoms. The van der Waals surface area contributed by atoms with Gasteiger partial charge in [-0.1, -0.05) is 12.1 Å². The van der Waals surface area contributed by atoms with Crippen LogP contribution in [0.15, 0.2) is 57.7 Å². The molecule has 0 N–H and O–H groups in total. The minimum Gasteiger partial charge on any atom is -0.489 e. The summed E-state index contributed by atoms with van der Waals surface area (Å²) >= 11 is 5.83. The van der Waals surface area contributed by atoms with Crippen molar-refractivity contribution < 1.29 is 13.5 Å². The van der Waals surface area contributed by atoms with Gasteiger partial charge in [0.25, 0.3) is 0 Å². The molecule has 0 unspecified atom stereocenters. The van der Waals surface area contributed by atoms with Gasteiger partial charge < -0.3 is 9.15 Å².